The number of nitrogens with zero attached hydrogens (tertiary/aromatic N) is 2. The lowest BCUT2D eigenvalue weighted by Gasteiger charge is -2.29. The van der Waals surface area contributed by atoms with E-state index in [1.165, 1.54) is 17.2 Å². The van der Waals surface area contributed by atoms with E-state index in [2.05, 4.69) is 22.4 Å². The monoisotopic (exact) mass is 584 g/mol. The molecule has 3 heterocycles. The van der Waals surface area contributed by atoms with Gasteiger partial charge >= 0.3 is 5.97 Å². The van der Waals surface area contributed by atoms with Gasteiger partial charge in [0.15, 0.2) is 11.6 Å². The van der Waals surface area contributed by atoms with Gasteiger partial charge in [0.05, 0.1) is 12.7 Å². The van der Waals surface area contributed by atoms with Gasteiger partial charge < -0.3 is 24.5 Å². The number of aromatic nitrogens is 1. The molecule has 2 aliphatic heterocycles. The largest absolute Gasteiger partial charge is 0.460 e. The fourth-order valence-corrected chi connectivity index (χ4v) is 5.11. The predicted molar refractivity (Wildman–Crippen MR) is 157 cm³/mol. The van der Waals surface area contributed by atoms with Crippen molar-refractivity contribution in [1.82, 2.24) is 20.7 Å². The fourth-order valence-electron chi connectivity index (χ4n) is 5.11. The third kappa shape index (κ3) is 9.78. The molecule has 0 saturated carbocycles. The van der Waals surface area contributed by atoms with Crippen LogP contribution in [-0.2, 0) is 25.6 Å². The van der Waals surface area contributed by atoms with Crippen molar-refractivity contribution < 1.29 is 33.5 Å². The minimum Gasteiger partial charge on any atom is -0.460 e. The van der Waals surface area contributed by atoms with Gasteiger partial charge in [-0.1, -0.05) is 56.7 Å². The molecule has 3 rings (SSSR count). The highest BCUT2D eigenvalue weighted by Crippen LogP contribution is 2.25. The Bertz CT molecular complexity index is 1170. The number of aliphatic hydroxyl groups excluding tert-OH is 1. The highest BCUT2D eigenvalue weighted by Gasteiger charge is 2.38. The van der Waals surface area contributed by atoms with Gasteiger partial charge in [-0.2, -0.15) is 5.48 Å². The number of hydrogen-bond donors (Lipinski definition) is 3. The number of amides is 2. The van der Waals surface area contributed by atoms with Gasteiger partial charge in [-0.05, 0) is 38.2 Å². The molecule has 0 radical (unpaired) electrons. The molecule has 3 N–H and O–H groups in total. The van der Waals surface area contributed by atoms with Gasteiger partial charge in [0.25, 0.3) is 5.91 Å². The maximum Gasteiger partial charge on any atom is 0.329 e. The number of esters is 1. The molecule has 230 valence electrons. The molecule has 1 unspecified atom stereocenters. The molecule has 0 aliphatic carbocycles. The van der Waals surface area contributed by atoms with Crippen LogP contribution in [0, 0.1) is 11.8 Å². The molecule has 2 amide bonds. The summed E-state index contributed by atoms with van der Waals surface area (Å²) < 4.78 is 11.6. The van der Waals surface area contributed by atoms with Crippen LogP contribution in [0.25, 0.3) is 0 Å². The number of hydrogen-bond acceptors (Lipinski definition) is 9. The van der Waals surface area contributed by atoms with Crippen LogP contribution in [0.1, 0.15) is 63.3 Å². The Kier molecular flexibility index (Phi) is 12.7. The molecule has 1 saturated heterocycles. The van der Waals surface area contributed by atoms with E-state index in [0.717, 1.165) is 5.57 Å². The van der Waals surface area contributed by atoms with Crippen molar-refractivity contribution in [3.05, 3.63) is 66.5 Å². The first-order valence-corrected chi connectivity index (χ1v) is 14.5. The van der Waals surface area contributed by atoms with Crippen LogP contribution >= 0.6 is 0 Å². The van der Waals surface area contributed by atoms with Gasteiger partial charge in [-0.15, -0.1) is 6.58 Å². The van der Waals surface area contributed by atoms with Crippen molar-refractivity contribution in [2.24, 2.45) is 11.8 Å². The maximum atomic E-state index is 13.4. The second-order valence-electron chi connectivity index (χ2n) is 11.1. The SMILES string of the molecule is C=CCON[C@H]1Cc2nc(co2)C(=O)N2CCCC2C(=O)O[C@H](C(C)C)[C@H](C)/C=C/C(=O)NC/C=C/C(C)=C/[C@@H](O)C1. The molecule has 11 heteroatoms. The van der Waals surface area contributed by atoms with E-state index < -0.39 is 36.2 Å². The van der Waals surface area contributed by atoms with E-state index in [1.807, 2.05) is 33.8 Å². The molecule has 2 bridgehead atoms. The number of hydroxylamine groups is 1. The molecular formula is C31H44N4O7. The zero-order valence-electron chi connectivity index (χ0n) is 25.0. The zero-order chi connectivity index (χ0) is 30.6. The lowest BCUT2D eigenvalue weighted by molar-refractivity contribution is -0.158. The van der Waals surface area contributed by atoms with Crippen molar-refractivity contribution in [3.8, 4) is 0 Å². The molecule has 0 aromatic carbocycles. The minimum atomic E-state index is -0.818. The fraction of sp³-hybridized carbons (Fsp3) is 0.548. The summed E-state index contributed by atoms with van der Waals surface area (Å²) in [5.41, 5.74) is 3.82. The third-order valence-electron chi connectivity index (χ3n) is 7.16. The van der Waals surface area contributed by atoms with Gasteiger partial charge in [-0.25, -0.2) is 9.78 Å². The topological polar surface area (TPSA) is 143 Å². The normalized spacial score (nSPS) is 29.7. The molecule has 1 fully saturated rings. The molecule has 42 heavy (non-hydrogen) atoms. The molecule has 2 aliphatic rings. The molecular weight excluding hydrogens is 540 g/mol. The Morgan fingerprint density at radius 2 is 2.10 bits per heavy atom. The Morgan fingerprint density at radius 1 is 1.31 bits per heavy atom. The predicted octanol–water partition coefficient (Wildman–Crippen LogP) is 3.04. The summed E-state index contributed by atoms with van der Waals surface area (Å²) in [6, 6.07) is -1.13. The number of aliphatic hydroxyl groups is 1. The summed E-state index contributed by atoms with van der Waals surface area (Å²) in [6.45, 7) is 12.2. The Labute approximate surface area is 247 Å². The molecule has 1 aromatic heterocycles. The number of fused-ring (bicyclic) bond motifs is 3. The number of cyclic esters (lactones) is 1. The van der Waals surface area contributed by atoms with Crippen LogP contribution in [-0.4, -0.2) is 76.8 Å². The summed E-state index contributed by atoms with van der Waals surface area (Å²) in [5.74, 6) is -1.11. The molecule has 5 atom stereocenters. The number of nitrogens with one attached hydrogen (secondary N) is 2. The van der Waals surface area contributed by atoms with Gasteiger partial charge in [-0.3, -0.25) is 14.4 Å². The lowest BCUT2D eigenvalue weighted by Crippen LogP contribution is -2.44. The minimum absolute atomic E-state index is 0.0140. The van der Waals surface area contributed by atoms with Crippen LogP contribution in [0.2, 0.25) is 0 Å². The van der Waals surface area contributed by atoms with Crippen LogP contribution in [0.5, 0.6) is 0 Å². The Balaban J connectivity index is 1.88. The zero-order valence-corrected chi connectivity index (χ0v) is 25.0. The number of allylic oxidation sites excluding steroid dienone is 2. The van der Waals surface area contributed by atoms with E-state index >= 15 is 0 Å². The summed E-state index contributed by atoms with van der Waals surface area (Å²) in [7, 11) is 0. The van der Waals surface area contributed by atoms with E-state index in [4.69, 9.17) is 14.0 Å². The van der Waals surface area contributed by atoms with E-state index in [0.29, 0.717) is 31.8 Å². The first-order valence-electron chi connectivity index (χ1n) is 14.5. The number of rotatable bonds is 5. The van der Waals surface area contributed by atoms with E-state index in [9.17, 15) is 19.5 Å². The molecule has 11 nitrogen and oxygen atoms in total. The Hall–Kier alpha value is -3.54. The third-order valence-corrected chi connectivity index (χ3v) is 7.16. The van der Waals surface area contributed by atoms with Crippen molar-refractivity contribution in [3.63, 3.8) is 0 Å². The number of carbonyl (C=O) groups excluding carboxylic acids is 3. The van der Waals surface area contributed by atoms with Crippen LogP contribution in [0.4, 0.5) is 0 Å². The van der Waals surface area contributed by atoms with Crippen LogP contribution < -0.4 is 10.8 Å². The van der Waals surface area contributed by atoms with Gasteiger partial charge in [0, 0.05) is 31.5 Å². The molecule has 0 spiro atoms. The second-order valence-corrected chi connectivity index (χ2v) is 11.1. The van der Waals surface area contributed by atoms with Crippen molar-refractivity contribution in [1.29, 1.82) is 0 Å². The maximum absolute atomic E-state index is 13.4. The van der Waals surface area contributed by atoms with Gasteiger partial charge in [0.1, 0.15) is 18.4 Å². The first kappa shape index (κ1) is 33.0. The van der Waals surface area contributed by atoms with Crippen molar-refractivity contribution in [2.75, 3.05) is 19.7 Å². The average molecular weight is 585 g/mol. The molecule has 1 aromatic rings. The number of carbonyl (C=O) groups is 3. The van der Waals surface area contributed by atoms with Crippen LogP contribution in [0.15, 0.2) is 59.3 Å². The highest BCUT2D eigenvalue weighted by atomic mass is 16.6. The van der Waals surface area contributed by atoms with Gasteiger partial charge in [0.2, 0.25) is 5.91 Å². The van der Waals surface area contributed by atoms with E-state index in [1.54, 1.807) is 24.3 Å². The summed E-state index contributed by atoms with van der Waals surface area (Å²) in [4.78, 5) is 50.4. The first-order chi connectivity index (χ1) is 20.1. The smallest absolute Gasteiger partial charge is 0.329 e. The lowest BCUT2D eigenvalue weighted by atomic mass is 9.94. The highest BCUT2D eigenvalue weighted by molar-refractivity contribution is 5.95. The number of oxazole rings is 1. The summed E-state index contributed by atoms with van der Waals surface area (Å²) >= 11 is 0. The van der Waals surface area contributed by atoms with Crippen LogP contribution in [0.3, 0.4) is 0 Å². The quantitative estimate of drug-likeness (QED) is 0.206. The van der Waals surface area contributed by atoms with Crippen molar-refractivity contribution >= 4 is 17.8 Å². The standard InChI is InChI=1S/C31H44N4O7/c1-6-15-41-34-23-17-24(36)16-21(4)9-7-13-32-27(37)12-11-22(5)29(20(2)3)42-31(39)26-10-8-14-35(26)30(38)25-19-40-28(18-23)33-25/h6-7,9,11-12,16,19-20,22-24,26,29,34,36H,1,8,10,13-15,17-18H2,2-5H3,(H,32,37)/b9-7+,12-11+,21-16+/t22-,23-,24-,26?,29-/m1/s1. The summed E-state index contributed by atoms with van der Waals surface area (Å²) in [6.07, 6.45) is 11.7. The average Bonchev–Trinajstić information content (AvgIpc) is 3.62. The second kappa shape index (κ2) is 16.2. The summed E-state index contributed by atoms with van der Waals surface area (Å²) in [5, 5.41) is 13.5. The van der Waals surface area contributed by atoms with Crippen molar-refractivity contribution in [2.45, 2.75) is 77.7 Å². The Morgan fingerprint density at radius 3 is 2.83 bits per heavy atom. The van der Waals surface area contributed by atoms with E-state index in [-0.39, 0.29) is 42.9 Å². The number of ether oxygens (including phenoxy) is 1.